The van der Waals surface area contributed by atoms with Gasteiger partial charge in [-0.15, -0.1) is 0 Å². The topological polar surface area (TPSA) is 42.0 Å². The van der Waals surface area contributed by atoms with Crippen LogP contribution in [-0.4, -0.2) is 16.9 Å². The number of hydrogen-bond donors (Lipinski definition) is 1. The van der Waals surface area contributed by atoms with Crippen molar-refractivity contribution < 1.29 is 4.79 Å². The second-order valence-corrected chi connectivity index (χ2v) is 6.69. The number of rotatable bonds is 3. The molecule has 1 aromatic rings. The Kier molecular flexibility index (Phi) is 3.61. The Morgan fingerprint density at radius 3 is 2.95 bits per heavy atom. The maximum atomic E-state index is 12.3. The zero-order chi connectivity index (χ0) is 13.4. The molecule has 0 spiro atoms. The molecule has 1 aromatic heterocycles. The minimum Gasteiger partial charge on any atom is -0.349 e. The maximum Gasteiger partial charge on any atom is 0.254 e. The molecule has 0 saturated heterocycles. The largest absolute Gasteiger partial charge is 0.349 e. The number of amides is 1. The van der Waals surface area contributed by atoms with Crippen LogP contribution in [0.3, 0.4) is 0 Å². The quantitative estimate of drug-likeness (QED) is 0.866. The van der Waals surface area contributed by atoms with Crippen molar-refractivity contribution >= 4 is 21.8 Å². The highest BCUT2D eigenvalue weighted by molar-refractivity contribution is 9.10. The average molecular weight is 323 g/mol. The van der Waals surface area contributed by atoms with Gasteiger partial charge in [-0.2, -0.15) is 0 Å². The highest BCUT2D eigenvalue weighted by atomic mass is 79.9. The highest BCUT2D eigenvalue weighted by Gasteiger charge is 2.42. The Bertz CT molecular complexity index is 491. The van der Waals surface area contributed by atoms with Crippen LogP contribution in [0.4, 0.5) is 0 Å². The first-order valence-corrected chi connectivity index (χ1v) is 7.86. The van der Waals surface area contributed by atoms with E-state index in [1.54, 1.807) is 18.3 Å². The third kappa shape index (κ3) is 2.55. The van der Waals surface area contributed by atoms with Crippen molar-refractivity contribution in [3.8, 4) is 0 Å². The van der Waals surface area contributed by atoms with Crippen LogP contribution in [-0.2, 0) is 0 Å². The van der Waals surface area contributed by atoms with Gasteiger partial charge in [-0.25, -0.2) is 4.98 Å². The predicted octanol–water partition coefficient (Wildman–Crippen LogP) is 3.40. The van der Waals surface area contributed by atoms with Crippen LogP contribution < -0.4 is 5.32 Å². The smallest absolute Gasteiger partial charge is 0.254 e. The highest BCUT2D eigenvalue weighted by Crippen LogP contribution is 2.49. The molecule has 0 aliphatic heterocycles. The number of nitrogens with one attached hydrogen (secondary N) is 1. The molecule has 2 bridgehead atoms. The summed E-state index contributed by atoms with van der Waals surface area (Å²) >= 11 is 3.33. The van der Waals surface area contributed by atoms with Crippen molar-refractivity contribution in [2.45, 2.75) is 38.6 Å². The van der Waals surface area contributed by atoms with E-state index in [9.17, 15) is 4.79 Å². The summed E-state index contributed by atoms with van der Waals surface area (Å²) in [5, 5.41) is 3.15. The SMILES string of the molecule is CC(NC(=O)c1cccnc1Br)C1CC2CCC1C2. The summed E-state index contributed by atoms with van der Waals surface area (Å²) in [4.78, 5) is 16.4. The van der Waals surface area contributed by atoms with Gasteiger partial charge in [0.1, 0.15) is 4.60 Å². The molecule has 1 N–H and O–H groups in total. The van der Waals surface area contributed by atoms with E-state index >= 15 is 0 Å². The summed E-state index contributed by atoms with van der Waals surface area (Å²) in [5.74, 6) is 2.39. The number of carbonyl (C=O) groups excluding carboxylic acids is 1. The van der Waals surface area contributed by atoms with Crippen LogP contribution in [0.1, 0.15) is 43.0 Å². The molecule has 4 heteroatoms. The Morgan fingerprint density at radius 1 is 1.47 bits per heavy atom. The molecule has 4 atom stereocenters. The molecule has 102 valence electrons. The van der Waals surface area contributed by atoms with Gasteiger partial charge >= 0.3 is 0 Å². The summed E-state index contributed by atoms with van der Waals surface area (Å²) < 4.78 is 0.618. The molecule has 3 nitrogen and oxygen atoms in total. The lowest BCUT2D eigenvalue weighted by Gasteiger charge is -2.28. The first-order valence-electron chi connectivity index (χ1n) is 7.06. The normalized spacial score (nSPS) is 30.3. The van der Waals surface area contributed by atoms with Crippen LogP contribution in [0.2, 0.25) is 0 Å². The number of carbonyl (C=O) groups is 1. The number of hydrogen-bond acceptors (Lipinski definition) is 2. The third-order valence-electron chi connectivity index (χ3n) is 4.80. The number of nitrogens with zero attached hydrogens (tertiary/aromatic N) is 1. The van der Waals surface area contributed by atoms with Crippen LogP contribution in [0, 0.1) is 17.8 Å². The van der Waals surface area contributed by atoms with Gasteiger partial charge in [-0.3, -0.25) is 4.79 Å². The van der Waals surface area contributed by atoms with Gasteiger partial charge < -0.3 is 5.32 Å². The molecule has 2 fully saturated rings. The lowest BCUT2D eigenvalue weighted by Crippen LogP contribution is -2.40. The van der Waals surface area contributed by atoms with Crippen molar-refractivity contribution in [1.82, 2.24) is 10.3 Å². The fraction of sp³-hybridized carbons (Fsp3) is 0.600. The predicted molar refractivity (Wildman–Crippen MR) is 77.8 cm³/mol. The minimum absolute atomic E-state index is 0.0183. The van der Waals surface area contributed by atoms with Gasteiger partial charge in [-0.05, 0) is 72.0 Å². The third-order valence-corrected chi connectivity index (χ3v) is 5.43. The van der Waals surface area contributed by atoms with E-state index < -0.39 is 0 Å². The molecule has 3 rings (SSSR count). The molecule has 0 radical (unpaired) electrons. The summed E-state index contributed by atoms with van der Waals surface area (Å²) in [7, 11) is 0. The van der Waals surface area contributed by atoms with Gasteiger partial charge in [0, 0.05) is 12.2 Å². The van der Waals surface area contributed by atoms with Gasteiger partial charge in [0.15, 0.2) is 0 Å². The van der Waals surface area contributed by atoms with Crippen LogP contribution >= 0.6 is 15.9 Å². The van der Waals surface area contributed by atoms with Gasteiger partial charge in [0.2, 0.25) is 0 Å². The van der Waals surface area contributed by atoms with E-state index in [4.69, 9.17) is 0 Å². The summed E-state index contributed by atoms with van der Waals surface area (Å²) in [6, 6.07) is 3.86. The van der Waals surface area contributed by atoms with E-state index in [0.717, 1.165) is 11.8 Å². The Morgan fingerprint density at radius 2 is 2.32 bits per heavy atom. The lowest BCUT2D eigenvalue weighted by molar-refractivity contribution is 0.0914. The summed E-state index contributed by atoms with van der Waals surface area (Å²) in [6.45, 7) is 2.15. The number of halogens is 1. The van der Waals surface area contributed by atoms with E-state index in [2.05, 4.69) is 33.2 Å². The van der Waals surface area contributed by atoms with E-state index in [1.807, 2.05) is 0 Å². The summed E-state index contributed by atoms with van der Waals surface area (Å²) in [5.41, 5.74) is 0.623. The van der Waals surface area contributed by atoms with Gasteiger partial charge in [0.25, 0.3) is 5.91 Å². The van der Waals surface area contributed by atoms with Crippen LogP contribution in [0.15, 0.2) is 22.9 Å². The fourth-order valence-electron chi connectivity index (χ4n) is 3.85. The monoisotopic (exact) mass is 322 g/mol. The molecule has 19 heavy (non-hydrogen) atoms. The number of pyridine rings is 1. The van der Waals surface area contributed by atoms with Crippen molar-refractivity contribution in [3.63, 3.8) is 0 Å². The Labute approximate surface area is 122 Å². The zero-order valence-corrected chi connectivity index (χ0v) is 12.7. The lowest BCUT2D eigenvalue weighted by atomic mass is 9.84. The van der Waals surface area contributed by atoms with Crippen molar-refractivity contribution in [2.75, 3.05) is 0 Å². The van der Waals surface area contributed by atoms with E-state index in [0.29, 0.717) is 16.1 Å². The Balaban J connectivity index is 1.65. The first kappa shape index (κ1) is 13.1. The first-order chi connectivity index (χ1) is 9.15. The second kappa shape index (κ2) is 5.23. The van der Waals surface area contributed by atoms with Crippen LogP contribution in [0.5, 0.6) is 0 Å². The van der Waals surface area contributed by atoms with Gasteiger partial charge in [-0.1, -0.05) is 6.42 Å². The van der Waals surface area contributed by atoms with Crippen molar-refractivity contribution in [2.24, 2.45) is 17.8 Å². The standard InChI is InChI=1S/C15H19BrN2O/c1-9(13-8-10-4-5-11(13)7-10)18-15(19)12-3-2-6-17-14(12)16/h2-3,6,9-11,13H,4-5,7-8H2,1H3,(H,18,19). The van der Waals surface area contributed by atoms with Gasteiger partial charge in [0.05, 0.1) is 5.56 Å². The molecule has 0 aromatic carbocycles. The average Bonchev–Trinajstić information content (AvgIpc) is 3.01. The maximum absolute atomic E-state index is 12.3. The molecule has 1 amide bonds. The van der Waals surface area contributed by atoms with E-state index in [1.165, 1.54) is 25.7 Å². The molecule has 1 heterocycles. The van der Waals surface area contributed by atoms with Crippen molar-refractivity contribution in [1.29, 1.82) is 0 Å². The molecule has 2 saturated carbocycles. The number of fused-ring (bicyclic) bond motifs is 2. The summed E-state index contributed by atoms with van der Waals surface area (Å²) in [6.07, 6.45) is 7.10. The molecular weight excluding hydrogens is 304 g/mol. The zero-order valence-electron chi connectivity index (χ0n) is 11.1. The molecule has 2 aliphatic rings. The van der Waals surface area contributed by atoms with E-state index in [-0.39, 0.29) is 11.9 Å². The molecule has 4 unspecified atom stereocenters. The van der Waals surface area contributed by atoms with Crippen LogP contribution in [0.25, 0.3) is 0 Å². The second-order valence-electron chi connectivity index (χ2n) is 5.94. The molecular formula is C15H19BrN2O. The Hall–Kier alpha value is -0.900. The number of aromatic nitrogens is 1. The van der Waals surface area contributed by atoms with Crippen molar-refractivity contribution in [3.05, 3.63) is 28.5 Å². The molecule has 2 aliphatic carbocycles. The minimum atomic E-state index is -0.0183. The fourth-order valence-corrected chi connectivity index (χ4v) is 4.28.